The minimum atomic E-state index is -1.20. The predicted molar refractivity (Wildman–Crippen MR) is 71.6 cm³/mol. The maximum atomic E-state index is 11.5. The molecule has 0 aromatic heterocycles. The van der Waals surface area contributed by atoms with Gasteiger partial charge in [-0.2, -0.15) is 0 Å². The summed E-state index contributed by atoms with van der Waals surface area (Å²) in [5.74, 6) is -0.597. The Morgan fingerprint density at radius 2 is 2.12 bits per heavy atom. The molecular formula is C12H16O3S2. The lowest BCUT2D eigenvalue weighted by molar-refractivity contribution is -0.153. The molecule has 0 heterocycles. The summed E-state index contributed by atoms with van der Waals surface area (Å²) in [5, 5.41) is 9.90. The number of ether oxygens (including phenoxy) is 1. The minimum absolute atomic E-state index is 0.271. The van der Waals surface area contributed by atoms with E-state index in [1.165, 1.54) is 11.8 Å². The molecule has 0 aliphatic carbocycles. The van der Waals surface area contributed by atoms with Gasteiger partial charge in [-0.25, -0.2) is 4.79 Å². The van der Waals surface area contributed by atoms with Crippen LogP contribution >= 0.6 is 23.5 Å². The van der Waals surface area contributed by atoms with E-state index >= 15 is 0 Å². The zero-order valence-electron chi connectivity index (χ0n) is 10.1. The Kier molecular flexibility index (Phi) is 5.88. The van der Waals surface area contributed by atoms with Crippen LogP contribution in [0.15, 0.2) is 28.0 Å². The van der Waals surface area contributed by atoms with Crippen molar-refractivity contribution in [2.45, 2.75) is 22.8 Å². The van der Waals surface area contributed by atoms with Crippen LogP contribution in [0.2, 0.25) is 0 Å². The number of thioether (sulfide) groups is 2. The summed E-state index contributed by atoms with van der Waals surface area (Å²) in [7, 11) is 0. The van der Waals surface area contributed by atoms with Crippen LogP contribution in [0.1, 0.15) is 18.6 Å². The fraction of sp³-hybridized carbons (Fsp3) is 0.417. The molecule has 0 aliphatic rings. The van der Waals surface area contributed by atoms with Crippen LogP contribution in [0, 0.1) is 0 Å². The molecule has 0 fully saturated rings. The van der Waals surface area contributed by atoms with Crippen LogP contribution in [0.25, 0.3) is 0 Å². The zero-order valence-corrected chi connectivity index (χ0v) is 11.7. The lowest BCUT2D eigenvalue weighted by atomic mass is 10.1. The maximum Gasteiger partial charge on any atom is 0.339 e. The summed E-state index contributed by atoms with van der Waals surface area (Å²) in [6.07, 6.45) is 2.70. The van der Waals surface area contributed by atoms with Crippen molar-refractivity contribution >= 4 is 29.5 Å². The summed E-state index contributed by atoms with van der Waals surface area (Å²) in [5.41, 5.74) is 0.605. The fourth-order valence-corrected chi connectivity index (χ4v) is 2.57. The molecule has 1 aromatic carbocycles. The van der Waals surface area contributed by atoms with Crippen molar-refractivity contribution in [1.29, 1.82) is 0 Å². The van der Waals surface area contributed by atoms with Crippen molar-refractivity contribution in [3.63, 3.8) is 0 Å². The van der Waals surface area contributed by atoms with Gasteiger partial charge in [0.1, 0.15) is 0 Å². The SMILES string of the molecule is CCOC(=O)C(O)c1ccc(SC)cc1SC. The summed E-state index contributed by atoms with van der Waals surface area (Å²) in [6.45, 7) is 1.99. The molecule has 0 amide bonds. The molecule has 0 spiro atoms. The van der Waals surface area contributed by atoms with Gasteiger partial charge < -0.3 is 9.84 Å². The van der Waals surface area contributed by atoms with Crippen molar-refractivity contribution < 1.29 is 14.6 Å². The van der Waals surface area contributed by atoms with Crippen molar-refractivity contribution in [3.05, 3.63) is 23.8 Å². The van der Waals surface area contributed by atoms with Crippen LogP contribution in [-0.2, 0) is 9.53 Å². The smallest absolute Gasteiger partial charge is 0.339 e. The molecule has 0 radical (unpaired) electrons. The second-order valence-corrected chi connectivity index (χ2v) is 4.99. The third kappa shape index (κ3) is 3.66. The van der Waals surface area contributed by atoms with Crippen LogP contribution < -0.4 is 0 Å². The highest BCUT2D eigenvalue weighted by molar-refractivity contribution is 7.99. The summed E-state index contributed by atoms with van der Waals surface area (Å²) in [6, 6.07) is 5.63. The van der Waals surface area contributed by atoms with E-state index < -0.39 is 12.1 Å². The molecule has 17 heavy (non-hydrogen) atoms. The Hall–Kier alpha value is -0.650. The first-order valence-electron chi connectivity index (χ1n) is 5.20. The Morgan fingerprint density at radius 3 is 2.65 bits per heavy atom. The quantitative estimate of drug-likeness (QED) is 0.659. The van der Waals surface area contributed by atoms with Gasteiger partial charge in [0.05, 0.1) is 6.61 Å². The number of hydrogen-bond acceptors (Lipinski definition) is 5. The number of carbonyl (C=O) groups is 1. The van der Waals surface area contributed by atoms with E-state index in [2.05, 4.69) is 0 Å². The second kappa shape index (κ2) is 6.93. The largest absolute Gasteiger partial charge is 0.464 e. The average Bonchev–Trinajstić information content (AvgIpc) is 2.37. The highest BCUT2D eigenvalue weighted by Crippen LogP contribution is 2.30. The van der Waals surface area contributed by atoms with Crippen LogP contribution in [0.5, 0.6) is 0 Å². The van der Waals surface area contributed by atoms with Gasteiger partial charge in [0.15, 0.2) is 6.10 Å². The van der Waals surface area contributed by atoms with Gasteiger partial charge in [-0.1, -0.05) is 6.07 Å². The molecule has 1 rings (SSSR count). The number of aliphatic hydroxyl groups excluding tert-OH is 1. The lowest BCUT2D eigenvalue weighted by Crippen LogP contribution is -2.16. The monoisotopic (exact) mass is 272 g/mol. The molecule has 1 unspecified atom stereocenters. The summed E-state index contributed by atoms with van der Waals surface area (Å²) < 4.78 is 4.81. The second-order valence-electron chi connectivity index (χ2n) is 3.26. The topological polar surface area (TPSA) is 46.5 Å². The van der Waals surface area contributed by atoms with Crippen molar-refractivity contribution in [3.8, 4) is 0 Å². The Balaban J connectivity index is 3.00. The van der Waals surface area contributed by atoms with Crippen molar-refractivity contribution in [2.75, 3.05) is 19.1 Å². The van der Waals surface area contributed by atoms with E-state index in [0.29, 0.717) is 5.56 Å². The van der Waals surface area contributed by atoms with Gasteiger partial charge >= 0.3 is 5.97 Å². The van der Waals surface area contributed by atoms with Gasteiger partial charge in [0.2, 0.25) is 0 Å². The van der Waals surface area contributed by atoms with E-state index in [1.54, 1.807) is 24.8 Å². The summed E-state index contributed by atoms with van der Waals surface area (Å²) in [4.78, 5) is 13.5. The molecular weight excluding hydrogens is 256 g/mol. The van der Waals surface area contributed by atoms with E-state index in [0.717, 1.165) is 9.79 Å². The minimum Gasteiger partial charge on any atom is -0.464 e. The Bertz CT molecular complexity index is 393. The molecule has 0 saturated heterocycles. The lowest BCUT2D eigenvalue weighted by Gasteiger charge is -2.14. The third-order valence-corrected chi connectivity index (χ3v) is 3.76. The van der Waals surface area contributed by atoms with Gasteiger partial charge in [-0.3, -0.25) is 0 Å². The molecule has 0 aliphatic heterocycles. The Morgan fingerprint density at radius 1 is 1.41 bits per heavy atom. The van der Waals surface area contributed by atoms with Crippen molar-refractivity contribution in [1.82, 2.24) is 0 Å². The van der Waals surface area contributed by atoms with Gasteiger partial charge in [-0.15, -0.1) is 23.5 Å². The standard InChI is InChI=1S/C12H16O3S2/c1-4-15-12(14)11(13)9-6-5-8(16-2)7-10(9)17-3/h5-7,11,13H,4H2,1-3H3. The predicted octanol–water partition coefficient (Wildman–Crippen LogP) is 2.73. The zero-order chi connectivity index (χ0) is 12.8. The molecule has 1 aromatic rings. The summed E-state index contributed by atoms with van der Waals surface area (Å²) >= 11 is 3.13. The van der Waals surface area contributed by atoms with E-state index in [-0.39, 0.29) is 6.61 Å². The number of hydrogen-bond donors (Lipinski definition) is 1. The van der Waals surface area contributed by atoms with Gasteiger partial charge in [0, 0.05) is 15.4 Å². The average molecular weight is 272 g/mol. The van der Waals surface area contributed by atoms with Gasteiger partial charge in [-0.05, 0) is 31.6 Å². The first kappa shape index (κ1) is 14.4. The van der Waals surface area contributed by atoms with E-state index in [4.69, 9.17) is 4.74 Å². The normalized spacial score (nSPS) is 12.2. The first-order chi connectivity index (χ1) is 8.13. The molecule has 1 N–H and O–H groups in total. The number of benzene rings is 1. The fourth-order valence-electron chi connectivity index (χ4n) is 1.39. The maximum absolute atomic E-state index is 11.5. The number of esters is 1. The highest BCUT2D eigenvalue weighted by atomic mass is 32.2. The van der Waals surface area contributed by atoms with E-state index in [9.17, 15) is 9.90 Å². The van der Waals surface area contributed by atoms with E-state index in [1.807, 2.05) is 24.6 Å². The molecule has 1 atom stereocenters. The van der Waals surface area contributed by atoms with Crippen LogP contribution in [0.4, 0.5) is 0 Å². The van der Waals surface area contributed by atoms with Gasteiger partial charge in [0.25, 0.3) is 0 Å². The Labute approximate surface area is 110 Å². The van der Waals surface area contributed by atoms with Crippen molar-refractivity contribution in [2.24, 2.45) is 0 Å². The molecule has 3 nitrogen and oxygen atoms in total. The highest BCUT2D eigenvalue weighted by Gasteiger charge is 2.21. The van der Waals surface area contributed by atoms with Crippen LogP contribution in [-0.4, -0.2) is 30.2 Å². The third-order valence-electron chi connectivity index (χ3n) is 2.25. The molecule has 94 valence electrons. The molecule has 5 heteroatoms. The number of carbonyl (C=O) groups excluding carboxylic acids is 1. The number of aliphatic hydroxyl groups is 1. The van der Waals surface area contributed by atoms with Crippen LogP contribution in [0.3, 0.4) is 0 Å². The first-order valence-corrected chi connectivity index (χ1v) is 7.65. The molecule has 0 bridgehead atoms. The molecule has 0 saturated carbocycles. The number of rotatable bonds is 5.